The highest BCUT2D eigenvalue weighted by Crippen LogP contribution is 2.36. The first-order chi connectivity index (χ1) is 14.9. The van der Waals surface area contributed by atoms with Crippen LogP contribution in [-0.4, -0.2) is 19.6 Å². The molecule has 0 aliphatic rings. The van der Waals surface area contributed by atoms with Gasteiger partial charge in [0.15, 0.2) is 18.1 Å². The van der Waals surface area contributed by atoms with Gasteiger partial charge in [0.25, 0.3) is 5.91 Å². The fraction of sp³-hybridized carbons (Fsp3) is 0.240. The predicted octanol–water partition coefficient (Wildman–Crippen LogP) is 5.90. The molecule has 3 aromatic carbocycles. The average molecular weight is 439 g/mol. The fourth-order valence-corrected chi connectivity index (χ4v) is 3.48. The van der Waals surface area contributed by atoms with Crippen LogP contribution in [0.2, 0.25) is 5.02 Å². The molecule has 0 unspecified atom stereocenters. The molecule has 0 radical (unpaired) electrons. The molecule has 5 nitrogen and oxygen atoms in total. The van der Waals surface area contributed by atoms with Gasteiger partial charge in [0.1, 0.15) is 0 Å². The minimum atomic E-state index is -0.274. The Hall–Kier alpha value is -3.18. The van der Waals surface area contributed by atoms with E-state index in [0.717, 1.165) is 22.5 Å². The number of carbonyl (C=O) groups is 1. The number of benzene rings is 3. The molecule has 0 heterocycles. The molecule has 0 bridgehead atoms. The smallest absolute Gasteiger partial charge is 0.262 e. The van der Waals surface area contributed by atoms with Gasteiger partial charge in [-0.1, -0.05) is 35.9 Å². The third kappa shape index (κ3) is 6.15. The topological polar surface area (TPSA) is 59.6 Å². The van der Waals surface area contributed by atoms with Crippen molar-refractivity contribution in [3.05, 3.63) is 81.9 Å². The number of rotatable bonds is 8. The molecule has 3 rings (SSSR count). The summed E-state index contributed by atoms with van der Waals surface area (Å²) in [7, 11) is 1.55. The van der Waals surface area contributed by atoms with Crippen LogP contribution in [0.4, 0.5) is 11.4 Å². The second-order valence-electron chi connectivity index (χ2n) is 7.49. The lowest BCUT2D eigenvalue weighted by Gasteiger charge is -2.15. The fourth-order valence-electron chi connectivity index (χ4n) is 3.20. The highest BCUT2D eigenvalue weighted by atomic mass is 35.5. The van der Waals surface area contributed by atoms with Crippen molar-refractivity contribution in [3.8, 4) is 11.5 Å². The van der Waals surface area contributed by atoms with Gasteiger partial charge in [0.2, 0.25) is 0 Å². The summed E-state index contributed by atoms with van der Waals surface area (Å²) in [5.74, 6) is 0.553. The Morgan fingerprint density at radius 2 is 1.77 bits per heavy atom. The van der Waals surface area contributed by atoms with Crippen LogP contribution in [0, 0.1) is 20.8 Å². The molecule has 0 aliphatic heterocycles. The Bertz CT molecular complexity index is 1080. The first-order valence-corrected chi connectivity index (χ1v) is 10.4. The van der Waals surface area contributed by atoms with Gasteiger partial charge in [-0.05, 0) is 73.4 Å². The number of nitrogens with one attached hydrogen (secondary N) is 2. The van der Waals surface area contributed by atoms with Crippen molar-refractivity contribution >= 4 is 28.9 Å². The zero-order chi connectivity index (χ0) is 22.4. The molecule has 3 aromatic rings. The molecule has 162 valence electrons. The number of halogens is 1. The summed E-state index contributed by atoms with van der Waals surface area (Å²) in [5.41, 5.74) is 6.16. The molecule has 0 saturated heterocycles. The Morgan fingerprint density at radius 3 is 2.52 bits per heavy atom. The van der Waals surface area contributed by atoms with Crippen LogP contribution in [-0.2, 0) is 11.3 Å². The van der Waals surface area contributed by atoms with E-state index in [1.807, 2.05) is 43.3 Å². The van der Waals surface area contributed by atoms with Crippen LogP contribution in [0.25, 0.3) is 0 Å². The summed E-state index contributed by atoms with van der Waals surface area (Å²) in [6.45, 7) is 6.49. The van der Waals surface area contributed by atoms with Gasteiger partial charge in [-0.2, -0.15) is 0 Å². The van der Waals surface area contributed by atoms with Gasteiger partial charge in [0, 0.05) is 17.9 Å². The van der Waals surface area contributed by atoms with Gasteiger partial charge in [0.05, 0.1) is 12.1 Å². The average Bonchev–Trinajstić information content (AvgIpc) is 2.73. The van der Waals surface area contributed by atoms with E-state index >= 15 is 0 Å². The summed E-state index contributed by atoms with van der Waals surface area (Å²) in [6, 6.07) is 17.5. The lowest BCUT2D eigenvalue weighted by Crippen LogP contribution is -2.20. The molecule has 31 heavy (non-hydrogen) atoms. The zero-order valence-corrected chi connectivity index (χ0v) is 19.0. The Kier molecular flexibility index (Phi) is 7.42. The third-order valence-electron chi connectivity index (χ3n) is 4.81. The molecule has 0 atom stereocenters. The Balaban J connectivity index is 1.66. The van der Waals surface area contributed by atoms with Crippen LogP contribution in [0.15, 0.2) is 54.6 Å². The lowest BCUT2D eigenvalue weighted by atomic mass is 10.1. The first-order valence-electron chi connectivity index (χ1n) is 10.0. The van der Waals surface area contributed by atoms with Crippen LogP contribution < -0.4 is 20.1 Å². The van der Waals surface area contributed by atoms with Crippen molar-refractivity contribution in [2.24, 2.45) is 0 Å². The number of aryl methyl sites for hydroxylation is 3. The Labute approximate surface area is 188 Å². The second kappa shape index (κ2) is 10.2. The third-order valence-corrected chi connectivity index (χ3v) is 5.10. The van der Waals surface area contributed by atoms with Crippen molar-refractivity contribution in [2.45, 2.75) is 27.3 Å². The molecule has 0 fully saturated rings. The predicted molar refractivity (Wildman–Crippen MR) is 127 cm³/mol. The van der Waals surface area contributed by atoms with E-state index in [1.54, 1.807) is 7.11 Å². The number of anilines is 2. The molecule has 0 aliphatic carbocycles. The standard InChI is InChI=1S/C25H27ClN2O3/c1-16-6-5-7-20(10-16)28-24(29)15-31-25-21(26)12-19(13-23(25)30-4)14-27-22-11-17(2)8-9-18(22)3/h5-13,27H,14-15H2,1-4H3,(H,28,29). The van der Waals surface area contributed by atoms with Crippen LogP contribution in [0.5, 0.6) is 11.5 Å². The summed E-state index contributed by atoms with van der Waals surface area (Å²) in [6.07, 6.45) is 0. The summed E-state index contributed by atoms with van der Waals surface area (Å²) in [4.78, 5) is 12.3. The van der Waals surface area contributed by atoms with Gasteiger partial charge in [-0.3, -0.25) is 4.79 Å². The van der Waals surface area contributed by atoms with Crippen molar-refractivity contribution in [3.63, 3.8) is 0 Å². The summed E-state index contributed by atoms with van der Waals surface area (Å²) < 4.78 is 11.1. The quantitative estimate of drug-likeness (QED) is 0.459. The van der Waals surface area contributed by atoms with Gasteiger partial charge >= 0.3 is 0 Å². The maximum atomic E-state index is 12.3. The number of carbonyl (C=O) groups excluding carboxylic acids is 1. The van der Waals surface area contributed by atoms with E-state index in [2.05, 4.69) is 42.7 Å². The number of amides is 1. The van der Waals surface area contributed by atoms with Crippen LogP contribution >= 0.6 is 11.6 Å². The van der Waals surface area contributed by atoms with E-state index in [0.29, 0.717) is 23.1 Å². The zero-order valence-electron chi connectivity index (χ0n) is 18.2. The number of hydrogen-bond donors (Lipinski definition) is 2. The number of ether oxygens (including phenoxy) is 2. The maximum Gasteiger partial charge on any atom is 0.262 e. The van der Waals surface area contributed by atoms with E-state index < -0.39 is 0 Å². The molecule has 0 spiro atoms. The number of hydrogen-bond acceptors (Lipinski definition) is 4. The van der Waals surface area contributed by atoms with E-state index in [-0.39, 0.29) is 12.5 Å². The first kappa shape index (κ1) is 22.5. The number of methoxy groups -OCH3 is 1. The maximum absolute atomic E-state index is 12.3. The van der Waals surface area contributed by atoms with E-state index in [9.17, 15) is 4.79 Å². The monoisotopic (exact) mass is 438 g/mol. The molecule has 1 amide bonds. The van der Waals surface area contributed by atoms with Crippen molar-refractivity contribution in [1.82, 2.24) is 0 Å². The highest BCUT2D eigenvalue weighted by molar-refractivity contribution is 6.32. The summed E-state index contributed by atoms with van der Waals surface area (Å²) in [5, 5.41) is 6.63. The van der Waals surface area contributed by atoms with Gasteiger partial charge < -0.3 is 20.1 Å². The van der Waals surface area contributed by atoms with Gasteiger partial charge in [-0.25, -0.2) is 0 Å². The minimum absolute atomic E-state index is 0.176. The largest absolute Gasteiger partial charge is 0.493 e. The summed E-state index contributed by atoms with van der Waals surface area (Å²) >= 11 is 6.45. The highest BCUT2D eigenvalue weighted by Gasteiger charge is 2.14. The van der Waals surface area contributed by atoms with Crippen molar-refractivity contribution in [1.29, 1.82) is 0 Å². The van der Waals surface area contributed by atoms with Crippen LogP contribution in [0.3, 0.4) is 0 Å². The minimum Gasteiger partial charge on any atom is -0.493 e. The molecule has 2 N–H and O–H groups in total. The van der Waals surface area contributed by atoms with E-state index in [4.69, 9.17) is 21.1 Å². The van der Waals surface area contributed by atoms with Crippen LogP contribution in [0.1, 0.15) is 22.3 Å². The Morgan fingerprint density at radius 1 is 1.00 bits per heavy atom. The van der Waals surface area contributed by atoms with E-state index in [1.165, 1.54) is 11.1 Å². The molecule has 0 aromatic heterocycles. The lowest BCUT2D eigenvalue weighted by molar-refractivity contribution is -0.118. The molecule has 0 saturated carbocycles. The molecular weight excluding hydrogens is 412 g/mol. The van der Waals surface area contributed by atoms with Gasteiger partial charge in [-0.15, -0.1) is 0 Å². The van der Waals surface area contributed by atoms with Crippen molar-refractivity contribution in [2.75, 3.05) is 24.4 Å². The SMILES string of the molecule is COc1cc(CNc2cc(C)ccc2C)cc(Cl)c1OCC(=O)Nc1cccc(C)c1. The van der Waals surface area contributed by atoms with Crippen molar-refractivity contribution < 1.29 is 14.3 Å². The molecule has 6 heteroatoms. The normalized spacial score (nSPS) is 10.5. The second-order valence-corrected chi connectivity index (χ2v) is 7.89. The molecular formula is C25H27ClN2O3.